The number of allylic oxidation sites excluding steroid dienone is 2. The van der Waals surface area contributed by atoms with Crippen LogP contribution in [-0.4, -0.2) is 12.3 Å². The molecule has 2 N–H and O–H groups in total. The Bertz CT molecular complexity index is 915. The lowest BCUT2D eigenvalue weighted by Gasteiger charge is -2.36. The van der Waals surface area contributed by atoms with E-state index in [0.717, 1.165) is 22.9 Å². The third kappa shape index (κ3) is 2.46. The first-order valence-corrected chi connectivity index (χ1v) is 9.08. The highest BCUT2D eigenvalue weighted by atomic mass is 79.9. The Morgan fingerprint density at radius 3 is 2.60 bits per heavy atom. The first-order valence-electron chi connectivity index (χ1n) is 8.29. The Kier molecular flexibility index (Phi) is 3.81. The second-order valence-electron chi connectivity index (χ2n) is 7.25. The van der Waals surface area contributed by atoms with Crippen molar-refractivity contribution >= 4 is 27.2 Å². The van der Waals surface area contributed by atoms with Crippen molar-refractivity contribution < 1.29 is 15.2 Å². The van der Waals surface area contributed by atoms with E-state index in [9.17, 15) is 10.4 Å². The van der Waals surface area contributed by atoms with Crippen molar-refractivity contribution in [3.63, 3.8) is 0 Å². The maximum atomic E-state index is 11.6. The summed E-state index contributed by atoms with van der Waals surface area (Å²) in [5.74, 6) is 0.432. The Hall–Kier alpha value is -1.66. The number of ether oxygens (including phenoxy) is 1. The number of quaternary nitrogens is 1. The first-order chi connectivity index (χ1) is 11.8. The molecule has 0 radical (unpaired) electrons. The predicted octanol–water partition coefficient (Wildman–Crippen LogP) is 3.70. The molecule has 0 aliphatic heterocycles. The van der Waals surface area contributed by atoms with E-state index in [2.05, 4.69) is 48.0 Å². The van der Waals surface area contributed by atoms with Crippen molar-refractivity contribution in [3.05, 3.63) is 67.8 Å². The van der Waals surface area contributed by atoms with Gasteiger partial charge in [0.15, 0.2) is 5.75 Å². The number of fused-ring (bicyclic) bond motifs is 3. The van der Waals surface area contributed by atoms with Gasteiger partial charge in [0.05, 0.1) is 7.11 Å². The molecule has 1 atom stereocenters. The molecule has 0 saturated heterocycles. The van der Waals surface area contributed by atoms with Crippen LogP contribution in [0, 0.1) is 5.21 Å². The predicted molar refractivity (Wildman–Crippen MR) is 100 cm³/mol. The van der Waals surface area contributed by atoms with Gasteiger partial charge in [0.25, 0.3) is 0 Å². The minimum absolute atomic E-state index is 0.154. The summed E-state index contributed by atoms with van der Waals surface area (Å²) in [6, 6.07) is 10.1. The molecule has 0 aromatic heterocycles. The molecule has 0 amide bonds. The summed E-state index contributed by atoms with van der Waals surface area (Å²) in [6.45, 7) is 4.45. The minimum atomic E-state index is -0.951. The lowest BCUT2D eigenvalue weighted by Crippen LogP contribution is -2.99. The fourth-order valence-corrected chi connectivity index (χ4v) is 4.71. The number of methoxy groups -OCH3 is 1. The summed E-state index contributed by atoms with van der Waals surface area (Å²) in [7, 11) is 1.53. The van der Waals surface area contributed by atoms with Gasteiger partial charge in [-0.3, -0.25) is 0 Å². The van der Waals surface area contributed by atoms with Crippen LogP contribution in [0.2, 0.25) is 0 Å². The minimum Gasteiger partial charge on any atom is -0.595 e. The molecule has 0 heterocycles. The smallest absolute Gasteiger partial charge is 0.206 e. The molecule has 2 aliphatic carbocycles. The average molecular weight is 402 g/mol. The molecule has 0 spiro atoms. The molecule has 2 aromatic carbocycles. The number of hydrogen-bond donors (Lipinski definition) is 2. The van der Waals surface area contributed by atoms with E-state index in [1.54, 1.807) is 6.07 Å². The van der Waals surface area contributed by atoms with Crippen LogP contribution < -0.4 is 9.96 Å². The Morgan fingerprint density at radius 2 is 1.92 bits per heavy atom. The van der Waals surface area contributed by atoms with Gasteiger partial charge in [0, 0.05) is 16.0 Å². The van der Waals surface area contributed by atoms with Gasteiger partial charge in [0.1, 0.15) is 0 Å². The van der Waals surface area contributed by atoms with Crippen molar-refractivity contribution in [3.8, 4) is 5.75 Å². The molecule has 2 aromatic rings. The molecule has 4 nitrogen and oxygen atoms in total. The van der Waals surface area contributed by atoms with Crippen LogP contribution in [0.5, 0.6) is 5.75 Å². The molecule has 5 heteroatoms. The van der Waals surface area contributed by atoms with Crippen molar-refractivity contribution in [2.45, 2.75) is 32.1 Å². The summed E-state index contributed by atoms with van der Waals surface area (Å²) < 4.78 is 6.45. The molecule has 0 fully saturated rings. The van der Waals surface area contributed by atoms with E-state index in [1.807, 2.05) is 6.07 Å². The number of nitrogens with one attached hydrogen (secondary N) is 1. The van der Waals surface area contributed by atoms with Crippen LogP contribution in [0.1, 0.15) is 36.1 Å². The fourth-order valence-electron chi connectivity index (χ4n) is 4.30. The Labute approximate surface area is 155 Å². The maximum absolute atomic E-state index is 11.6. The zero-order chi connectivity index (χ0) is 17.9. The van der Waals surface area contributed by atoms with Gasteiger partial charge in [-0.15, -0.1) is 0 Å². The molecule has 0 bridgehead atoms. The second-order valence-corrected chi connectivity index (χ2v) is 8.17. The third-order valence-corrected chi connectivity index (χ3v) is 6.07. The molecular formula is C20H20BrNO3. The van der Waals surface area contributed by atoms with Crippen molar-refractivity contribution in [1.29, 1.82) is 0 Å². The maximum Gasteiger partial charge on any atom is 0.206 e. The molecule has 4 rings (SSSR count). The Morgan fingerprint density at radius 1 is 1.16 bits per heavy atom. The SMILES string of the molecule is COc1cc2c(cc1[NH+]([O-])O)CC1=C(Cc3cc(Br)ccc31)C2(C)C. The van der Waals surface area contributed by atoms with E-state index in [1.165, 1.54) is 34.9 Å². The van der Waals surface area contributed by atoms with Crippen molar-refractivity contribution in [2.75, 3.05) is 7.11 Å². The van der Waals surface area contributed by atoms with E-state index in [4.69, 9.17) is 4.74 Å². The number of benzene rings is 2. The van der Waals surface area contributed by atoms with Crippen LogP contribution in [0.15, 0.2) is 40.4 Å². The van der Waals surface area contributed by atoms with Crippen LogP contribution >= 0.6 is 15.9 Å². The zero-order valence-electron chi connectivity index (χ0n) is 14.4. The monoisotopic (exact) mass is 401 g/mol. The van der Waals surface area contributed by atoms with Crippen LogP contribution in [0.4, 0.5) is 5.69 Å². The highest BCUT2D eigenvalue weighted by Gasteiger charge is 2.39. The van der Waals surface area contributed by atoms with Gasteiger partial charge < -0.3 is 9.94 Å². The number of halogens is 1. The van der Waals surface area contributed by atoms with Gasteiger partial charge in [-0.05, 0) is 58.9 Å². The van der Waals surface area contributed by atoms with E-state index in [0.29, 0.717) is 5.75 Å². The third-order valence-electron chi connectivity index (χ3n) is 5.57. The molecular weight excluding hydrogens is 382 g/mol. The van der Waals surface area contributed by atoms with Gasteiger partial charge in [0.2, 0.25) is 5.69 Å². The van der Waals surface area contributed by atoms with Gasteiger partial charge in [-0.1, -0.05) is 41.4 Å². The zero-order valence-corrected chi connectivity index (χ0v) is 16.0. The quantitative estimate of drug-likeness (QED) is 0.754. The van der Waals surface area contributed by atoms with Crippen LogP contribution in [0.25, 0.3) is 5.57 Å². The standard InChI is InChI=1S/C20H20BrNO3/c1-20(2)16-10-19(25-3)18(22(23)24)9-12(16)7-15-14-5-4-13(21)6-11(14)8-17(15)20/h4-6,9-10,22-23H,7-8H2,1-3H3. The summed E-state index contributed by atoms with van der Waals surface area (Å²) in [5, 5.41) is 20.2. The molecule has 2 aliphatic rings. The number of hydrogen-bond acceptors (Lipinski definition) is 3. The number of rotatable bonds is 2. The average Bonchev–Trinajstić information content (AvgIpc) is 2.92. The van der Waals surface area contributed by atoms with E-state index in [-0.39, 0.29) is 11.1 Å². The summed E-state index contributed by atoms with van der Waals surface area (Å²) in [4.78, 5) is 0. The largest absolute Gasteiger partial charge is 0.595 e. The lowest BCUT2D eigenvalue weighted by molar-refractivity contribution is -0.991. The highest BCUT2D eigenvalue weighted by molar-refractivity contribution is 9.10. The van der Waals surface area contributed by atoms with E-state index < -0.39 is 5.23 Å². The Balaban J connectivity index is 1.89. The summed E-state index contributed by atoms with van der Waals surface area (Å²) >= 11 is 3.57. The topological polar surface area (TPSA) is 57.0 Å². The fraction of sp³-hybridized carbons (Fsp3) is 0.300. The van der Waals surface area contributed by atoms with Crippen LogP contribution in [0.3, 0.4) is 0 Å². The van der Waals surface area contributed by atoms with Crippen molar-refractivity contribution in [1.82, 2.24) is 0 Å². The first kappa shape index (κ1) is 16.8. The normalized spacial score (nSPS) is 18.5. The molecule has 1 unspecified atom stereocenters. The molecule has 25 heavy (non-hydrogen) atoms. The summed E-state index contributed by atoms with van der Waals surface area (Å²) in [5.41, 5.74) is 7.74. The van der Waals surface area contributed by atoms with E-state index >= 15 is 0 Å². The van der Waals surface area contributed by atoms with Gasteiger partial charge in [-0.25, -0.2) is 5.21 Å². The second kappa shape index (κ2) is 5.68. The molecule has 0 saturated carbocycles. The van der Waals surface area contributed by atoms with Crippen LogP contribution in [-0.2, 0) is 18.3 Å². The van der Waals surface area contributed by atoms with Crippen molar-refractivity contribution in [2.24, 2.45) is 0 Å². The lowest BCUT2D eigenvalue weighted by atomic mass is 9.68. The van der Waals surface area contributed by atoms with Gasteiger partial charge in [-0.2, -0.15) is 5.23 Å². The summed E-state index contributed by atoms with van der Waals surface area (Å²) in [6.07, 6.45) is 1.71. The van der Waals surface area contributed by atoms with Gasteiger partial charge >= 0.3 is 0 Å². The highest BCUT2D eigenvalue weighted by Crippen LogP contribution is 2.51. The molecule has 130 valence electrons.